The number of amides is 2. The first kappa shape index (κ1) is 30.5. The average molecular weight is 584 g/mol. The van der Waals surface area contributed by atoms with Gasteiger partial charge in [-0.1, -0.05) is 62.7 Å². The van der Waals surface area contributed by atoms with E-state index in [9.17, 15) is 18.0 Å². The Hall–Kier alpha value is -4.43. The molecule has 0 aliphatic heterocycles. The van der Waals surface area contributed by atoms with Gasteiger partial charge in [0.15, 0.2) is 0 Å². The van der Waals surface area contributed by atoms with Gasteiger partial charge in [-0.25, -0.2) is 8.42 Å². The number of rotatable bonds is 8. The Morgan fingerprint density at radius 1 is 0.714 bits per heavy atom. The zero-order valence-corrected chi connectivity index (χ0v) is 25.7. The van der Waals surface area contributed by atoms with Gasteiger partial charge in [-0.15, -0.1) is 0 Å². The number of hydrogen-bond acceptors (Lipinski definition) is 4. The maximum absolute atomic E-state index is 13.7. The standard InChI is InChI=1S/C34H37N3O4S/c1-23-10-16-31(17-11-23)42(40,41)37(30-19-24(2)18-25(3)20-30)22-32(38)35-28-8-7-9-29(21-28)36-33(39)26-12-14-27(15-13-26)34(4,5)6/h7-21H,22H2,1-6H3,(H,35,38)(H,36,39). The first-order chi connectivity index (χ1) is 19.7. The largest absolute Gasteiger partial charge is 0.324 e. The number of carbonyl (C=O) groups is 2. The van der Waals surface area contributed by atoms with Gasteiger partial charge in [0.2, 0.25) is 5.91 Å². The summed E-state index contributed by atoms with van der Waals surface area (Å²) in [7, 11) is -4.04. The number of carbonyl (C=O) groups excluding carboxylic acids is 2. The Morgan fingerprint density at radius 3 is 1.86 bits per heavy atom. The van der Waals surface area contributed by atoms with E-state index in [0.717, 1.165) is 26.6 Å². The van der Waals surface area contributed by atoms with Crippen molar-refractivity contribution < 1.29 is 18.0 Å². The highest BCUT2D eigenvalue weighted by Crippen LogP contribution is 2.27. The fourth-order valence-electron chi connectivity index (χ4n) is 4.58. The molecule has 2 N–H and O–H groups in total. The molecule has 0 aliphatic carbocycles. The van der Waals surface area contributed by atoms with Crippen LogP contribution in [0.25, 0.3) is 0 Å². The Morgan fingerprint density at radius 2 is 1.29 bits per heavy atom. The Balaban J connectivity index is 1.53. The van der Waals surface area contributed by atoms with Crippen LogP contribution in [0.2, 0.25) is 0 Å². The molecule has 4 aromatic rings. The molecule has 0 atom stereocenters. The molecule has 4 rings (SSSR count). The van der Waals surface area contributed by atoms with Crippen LogP contribution in [0.1, 0.15) is 53.4 Å². The average Bonchev–Trinajstić information content (AvgIpc) is 2.91. The number of aryl methyl sites for hydroxylation is 3. The van der Waals surface area contributed by atoms with E-state index in [-0.39, 0.29) is 16.2 Å². The van der Waals surface area contributed by atoms with E-state index < -0.39 is 22.5 Å². The molecule has 4 aromatic carbocycles. The van der Waals surface area contributed by atoms with Gasteiger partial charge in [-0.05, 0) is 97.5 Å². The molecule has 0 bridgehead atoms. The second-order valence-electron chi connectivity index (χ2n) is 11.6. The molecule has 7 nitrogen and oxygen atoms in total. The summed E-state index contributed by atoms with van der Waals surface area (Å²) in [6.45, 7) is 11.5. The third-order valence-corrected chi connectivity index (χ3v) is 8.60. The van der Waals surface area contributed by atoms with Gasteiger partial charge in [0.05, 0.1) is 10.6 Å². The number of sulfonamides is 1. The molecule has 0 spiro atoms. The Bertz CT molecular complexity index is 1690. The highest BCUT2D eigenvalue weighted by atomic mass is 32.2. The van der Waals surface area contributed by atoms with E-state index in [2.05, 4.69) is 31.4 Å². The first-order valence-corrected chi connectivity index (χ1v) is 15.2. The van der Waals surface area contributed by atoms with E-state index in [1.165, 1.54) is 0 Å². The normalized spacial score (nSPS) is 11.6. The smallest absolute Gasteiger partial charge is 0.264 e. The molecule has 0 radical (unpaired) electrons. The van der Waals surface area contributed by atoms with Crippen LogP contribution < -0.4 is 14.9 Å². The van der Waals surface area contributed by atoms with Crippen LogP contribution in [-0.4, -0.2) is 26.8 Å². The van der Waals surface area contributed by atoms with Crippen LogP contribution in [0.3, 0.4) is 0 Å². The van der Waals surface area contributed by atoms with E-state index >= 15 is 0 Å². The lowest BCUT2D eigenvalue weighted by molar-refractivity contribution is -0.114. The SMILES string of the molecule is Cc1ccc(S(=O)(=O)N(CC(=O)Nc2cccc(NC(=O)c3ccc(C(C)(C)C)cc3)c2)c2cc(C)cc(C)c2)cc1. The number of nitrogens with zero attached hydrogens (tertiary/aromatic N) is 1. The minimum Gasteiger partial charge on any atom is -0.324 e. The van der Waals surface area contributed by atoms with Gasteiger partial charge in [0.25, 0.3) is 15.9 Å². The van der Waals surface area contributed by atoms with Crippen LogP contribution in [0.4, 0.5) is 17.1 Å². The summed E-state index contributed by atoms with van der Waals surface area (Å²) in [4.78, 5) is 26.2. The minimum absolute atomic E-state index is 0.0191. The molecule has 8 heteroatoms. The van der Waals surface area contributed by atoms with Crippen molar-refractivity contribution in [3.8, 4) is 0 Å². The zero-order valence-electron chi connectivity index (χ0n) is 24.9. The summed E-state index contributed by atoms with van der Waals surface area (Å²) < 4.78 is 28.6. The number of hydrogen-bond donors (Lipinski definition) is 2. The van der Waals surface area contributed by atoms with Crippen molar-refractivity contribution in [3.05, 3.63) is 119 Å². The molecular weight excluding hydrogens is 546 g/mol. The van der Waals surface area contributed by atoms with Crippen molar-refractivity contribution in [3.63, 3.8) is 0 Å². The topological polar surface area (TPSA) is 95.6 Å². The summed E-state index contributed by atoms with van der Waals surface area (Å²) >= 11 is 0. The Kier molecular flexibility index (Phi) is 8.87. The number of benzene rings is 4. The fraction of sp³-hybridized carbons (Fsp3) is 0.235. The molecule has 0 saturated heterocycles. The first-order valence-electron chi connectivity index (χ1n) is 13.7. The zero-order chi connectivity index (χ0) is 30.7. The quantitative estimate of drug-likeness (QED) is 0.234. The van der Waals surface area contributed by atoms with Crippen LogP contribution in [0.5, 0.6) is 0 Å². The fourth-order valence-corrected chi connectivity index (χ4v) is 5.98. The lowest BCUT2D eigenvalue weighted by Gasteiger charge is -2.25. The van der Waals surface area contributed by atoms with Crippen LogP contribution in [0, 0.1) is 20.8 Å². The lowest BCUT2D eigenvalue weighted by Crippen LogP contribution is -2.38. The van der Waals surface area contributed by atoms with Gasteiger partial charge in [0.1, 0.15) is 6.54 Å². The molecule has 42 heavy (non-hydrogen) atoms. The third-order valence-electron chi connectivity index (χ3n) is 6.81. The molecule has 0 fully saturated rings. The highest BCUT2D eigenvalue weighted by molar-refractivity contribution is 7.92. The van der Waals surface area contributed by atoms with Crippen molar-refractivity contribution in [1.29, 1.82) is 0 Å². The summed E-state index contributed by atoms with van der Waals surface area (Å²) in [6.07, 6.45) is 0. The van der Waals surface area contributed by atoms with Crippen molar-refractivity contribution in [2.75, 3.05) is 21.5 Å². The van der Waals surface area contributed by atoms with Crippen LogP contribution in [-0.2, 0) is 20.2 Å². The number of anilines is 3. The van der Waals surface area contributed by atoms with Gasteiger partial charge in [-0.2, -0.15) is 0 Å². The van der Waals surface area contributed by atoms with E-state index in [1.807, 2.05) is 39.0 Å². The minimum atomic E-state index is -4.04. The lowest BCUT2D eigenvalue weighted by atomic mass is 9.87. The summed E-state index contributed by atoms with van der Waals surface area (Å²) in [5.74, 6) is -0.796. The van der Waals surface area contributed by atoms with Crippen molar-refractivity contribution in [1.82, 2.24) is 0 Å². The van der Waals surface area contributed by atoms with Gasteiger partial charge < -0.3 is 10.6 Å². The van der Waals surface area contributed by atoms with Crippen molar-refractivity contribution in [2.24, 2.45) is 0 Å². The predicted molar refractivity (Wildman–Crippen MR) is 170 cm³/mol. The van der Waals surface area contributed by atoms with Crippen LogP contribution in [0.15, 0.2) is 95.9 Å². The Labute approximate surface area is 248 Å². The molecular formula is C34H37N3O4S. The molecule has 0 heterocycles. The van der Waals surface area contributed by atoms with Gasteiger partial charge in [-0.3, -0.25) is 13.9 Å². The van der Waals surface area contributed by atoms with E-state index in [4.69, 9.17) is 0 Å². The second-order valence-corrected chi connectivity index (χ2v) is 13.4. The molecule has 2 amide bonds. The van der Waals surface area contributed by atoms with Gasteiger partial charge in [0, 0.05) is 16.9 Å². The van der Waals surface area contributed by atoms with Crippen molar-refractivity contribution >= 4 is 38.9 Å². The summed E-state index contributed by atoms with van der Waals surface area (Å²) in [5.41, 5.74) is 5.64. The van der Waals surface area contributed by atoms with Crippen LogP contribution >= 0.6 is 0 Å². The molecule has 0 unspecified atom stereocenters. The number of nitrogens with one attached hydrogen (secondary N) is 2. The predicted octanol–water partition coefficient (Wildman–Crippen LogP) is 7.00. The summed E-state index contributed by atoms with van der Waals surface area (Å²) in [6, 6.07) is 26.2. The van der Waals surface area contributed by atoms with Gasteiger partial charge >= 0.3 is 0 Å². The molecule has 0 saturated carbocycles. The molecule has 218 valence electrons. The highest BCUT2D eigenvalue weighted by Gasteiger charge is 2.27. The summed E-state index contributed by atoms with van der Waals surface area (Å²) in [5, 5.41) is 5.65. The maximum atomic E-state index is 13.7. The third kappa shape index (κ3) is 7.44. The molecule has 0 aliphatic rings. The van der Waals surface area contributed by atoms with E-state index in [0.29, 0.717) is 22.6 Å². The van der Waals surface area contributed by atoms with E-state index in [1.54, 1.807) is 72.8 Å². The maximum Gasteiger partial charge on any atom is 0.264 e. The monoisotopic (exact) mass is 583 g/mol. The molecule has 0 aromatic heterocycles. The second kappa shape index (κ2) is 12.2. The van der Waals surface area contributed by atoms with Crippen molar-refractivity contribution in [2.45, 2.75) is 51.9 Å².